The topological polar surface area (TPSA) is 67.5 Å². The second kappa shape index (κ2) is 4.32. The molecule has 0 amide bonds. The van der Waals surface area contributed by atoms with E-state index in [9.17, 15) is 4.79 Å². The van der Waals surface area contributed by atoms with Crippen molar-refractivity contribution in [1.82, 2.24) is 14.6 Å². The molecule has 1 N–H and O–H groups in total. The van der Waals surface area contributed by atoms with Crippen molar-refractivity contribution in [2.24, 2.45) is 0 Å². The number of halogens is 1. The highest BCUT2D eigenvalue weighted by Crippen LogP contribution is 2.25. The van der Waals surface area contributed by atoms with Crippen LogP contribution in [-0.2, 0) is 0 Å². The molecule has 0 spiro atoms. The molecule has 3 aromatic heterocycles. The van der Waals surface area contributed by atoms with Gasteiger partial charge in [-0.15, -0.1) is 21.5 Å². The van der Waals surface area contributed by atoms with Gasteiger partial charge in [0.05, 0.1) is 8.45 Å². The average Bonchev–Trinajstić information content (AvgIpc) is 2.93. The summed E-state index contributed by atoms with van der Waals surface area (Å²) in [6.45, 7) is 0. The first-order valence-corrected chi connectivity index (χ1v) is 6.93. The normalized spacial score (nSPS) is 10.9. The van der Waals surface area contributed by atoms with Gasteiger partial charge in [0.1, 0.15) is 0 Å². The van der Waals surface area contributed by atoms with E-state index >= 15 is 0 Å². The van der Waals surface area contributed by atoms with Crippen molar-refractivity contribution < 1.29 is 9.90 Å². The number of aromatic carboxylic acids is 1. The largest absolute Gasteiger partial charge is 0.478 e. The van der Waals surface area contributed by atoms with Gasteiger partial charge in [0.15, 0.2) is 11.5 Å². The van der Waals surface area contributed by atoms with Gasteiger partial charge in [-0.1, -0.05) is 0 Å². The first-order chi connectivity index (χ1) is 8.65. The Labute approximate surface area is 119 Å². The molecule has 0 aliphatic carbocycles. The minimum atomic E-state index is -0.962. The van der Waals surface area contributed by atoms with Crippen LogP contribution >= 0.6 is 33.9 Å². The van der Waals surface area contributed by atoms with Gasteiger partial charge in [-0.3, -0.25) is 4.40 Å². The lowest BCUT2D eigenvalue weighted by Crippen LogP contribution is -1.99. The maximum absolute atomic E-state index is 11.0. The summed E-state index contributed by atoms with van der Waals surface area (Å²) in [5, 5.41) is 19.1. The molecule has 90 valence electrons. The van der Waals surface area contributed by atoms with E-state index in [1.807, 2.05) is 11.4 Å². The van der Waals surface area contributed by atoms with Crippen LogP contribution in [0.5, 0.6) is 0 Å². The number of fused-ring (bicyclic) bond motifs is 1. The highest BCUT2D eigenvalue weighted by atomic mass is 127. The summed E-state index contributed by atoms with van der Waals surface area (Å²) in [4.78, 5) is 11.0. The number of pyridine rings is 1. The molecular weight excluding hydrogens is 365 g/mol. The van der Waals surface area contributed by atoms with E-state index in [-0.39, 0.29) is 5.56 Å². The zero-order chi connectivity index (χ0) is 12.7. The van der Waals surface area contributed by atoms with Crippen molar-refractivity contribution in [2.75, 3.05) is 0 Å². The van der Waals surface area contributed by atoms with Gasteiger partial charge in [0, 0.05) is 17.1 Å². The smallest absolute Gasteiger partial charge is 0.337 e. The third-order valence-corrected chi connectivity index (χ3v) is 4.26. The molecule has 5 nitrogen and oxygen atoms in total. The van der Waals surface area contributed by atoms with Crippen molar-refractivity contribution in [1.29, 1.82) is 0 Å². The Hall–Kier alpha value is -1.48. The summed E-state index contributed by atoms with van der Waals surface area (Å²) in [7, 11) is 0. The summed E-state index contributed by atoms with van der Waals surface area (Å²) in [5.41, 5.74) is 1.80. The van der Waals surface area contributed by atoms with Crippen molar-refractivity contribution in [3.63, 3.8) is 0 Å². The van der Waals surface area contributed by atoms with Gasteiger partial charge in [0.25, 0.3) is 0 Å². The minimum absolute atomic E-state index is 0.216. The van der Waals surface area contributed by atoms with Gasteiger partial charge in [-0.05, 0) is 40.8 Å². The van der Waals surface area contributed by atoms with Gasteiger partial charge in [0.2, 0.25) is 0 Å². The Balaban J connectivity index is 2.23. The van der Waals surface area contributed by atoms with Crippen LogP contribution in [0.15, 0.2) is 29.8 Å². The number of nitrogens with zero attached hydrogens (tertiary/aromatic N) is 3. The monoisotopic (exact) mass is 371 g/mol. The van der Waals surface area contributed by atoms with E-state index in [0.717, 1.165) is 8.45 Å². The number of carbonyl (C=O) groups is 1. The van der Waals surface area contributed by atoms with Crippen molar-refractivity contribution in [2.45, 2.75) is 0 Å². The van der Waals surface area contributed by atoms with Crippen LogP contribution in [0.3, 0.4) is 0 Å². The van der Waals surface area contributed by atoms with Gasteiger partial charge in [-0.25, -0.2) is 4.79 Å². The fourth-order valence-corrected chi connectivity index (χ4v) is 2.97. The summed E-state index contributed by atoms with van der Waals surface area (Å²) in [6, 6.07) is 5.17. The number of hydrogen-bond acceptors (Lipinski definition) is 4. The van der Waals surface area contributed by atoms with E-state index in [1.165, 1.54) is 12.3 Å². The van der Waals surface area contributed by atoms with E-state index in [2.05, 4.69) is 32.8 Å². The number of hydrogen-bond donors (Lipinski definition) is 1. The molecule has 18 heavy (non-hydrogen) atoms. The predicted molar refractivity (Wildman–Crippen MR) is 76.0 cm³/mol. The van der Waals surface area contributed by atoms with E-state index < -0.39 is 5.97 Å². The second-order valence-corrected chi connectivity index (χ2v) is 6.42. The summed E-state index contributed by atoms with van der Waals surface area (Å²) < 4.78 is 2.84. The number of thiophene rings is 1. The molecule has 0 aliphatic heterocycles. The van der Waals surface area contributed by atoms with Gasteiger partial charge in [-0.2, -0.15) is 0 Å². The molecule has 0 saturated carbocycles. The van der Waals surface area contributed by atoms with Crippen LogP contribution in [0, 0.1) is 2.88 Å². The summed E-state index contributed by atoms with van der Waals surface area (Å²) in [5.74, 6) is -0.302. The van der Waals surface area contributed by atoms with Crippen LogP contribution < -0.4 is 0 Å². The highest BCUT2D eigenvalue weighted by Gasteiger charge is 2.12. The number of carboxylic acid groups (broad SMARTS) is 1. The quantitative estimate of drug-likeness (QED) is 0.704. The molecule has 3 rings (SSSR count). The SMILES string of the molecule is O=C(O)c1ccc2nnc(-c3csc(I)c3)n2c1. The molecule has 0 unspecified atom stereocenters. The van der Waals surface area contributed by atoms with Crippen molar-refractivity contribution >= 4 is 45.5 Å². The van der Waals surface area contributed by atoms with Crippen LogP contribution in [0.2, 0.25) is 0 Å². The summed E-state index contributed by atoms with van der Waals surface area (Å²) in [6.07, 6.45) is 1.54. The Morgan fingerprint density at radius 3 is 2.89 bits per heavy atom. The number of rotatable bonds is 2. The fraction of sp³-hybridized carbons (Fsp3) is 0. The van der Waals surface area contributed by atoms with Crippen LogP contribution in [-0.4, -0.2) is 25.7 Å². The molecule has 0 saturated heterocycles. The molecule has 3 heterocycles. The lowest BCUT2D eigenvalue weighted by molar-refractivity contribution is 0.0696. The number of aromatic nitrogens is 3. The molecule has 0 bridgehead atoms. The Morgan fingerprint density at radius 1 is 1.39 bits per heavy atom. The molecule has 0 aromatic carbocycles. The van der Waals surface area contributed by atoms with E-state index in [1.54, 1.807) is 21.8 Å². The average molecular weight is 371 g/mol. The number of carboxylic acids is 1. The third kappa shape index (κ3) is 1.89. The maximum atomic E-state index is 11.0. The molecular formula is C11H6IN3O2S. The van der Waals surface area contributed by atoms with Crippen LogP contribution in [0.4, 0.5) is 0 Å². The zero-order valence-corrected chi connectivity index (χ0v) is 11.8. The zero-order valence-electron chi connectivity index (χ0n) is 8.87. The first-order valence-electron chi connectivity index (χ1n) is 4.97. The molecule has 0 aliphatic rings. The molecule has 0 atom stereocenters. The predicted octanol–water partition coefficient (Wildman–Crippen LogP) is 2.76. The molecule has 0 radical (unpaired) electrons. The molecule has 7 heteroatoms. The van der Waals surface area contributed by atoms with E-state index in [0.29, 0.717) is 11.5 Å². The molecule has 3 aromatic rings. The molecule has 0 fully saturated rings. The Morgan fingerprint density at radius 2 is 2.22 bits per heavy atom. The van der Waals surface area contributed by atoms with Crippen molar-refractivity contribution in [3.8, 4) is 11.4 Å². The standard InChI is InChI=1S/C11H6IN3O2S/c12-8-3-7(5-18-8)10-14-13-9-2-1-6(11(16)17)4-15(9)10/h1-5H,(H,16,17). The first kappa shape index (κ1) is 11.6. The van der Waals surface area contributed by atoms with Gasteiger partial charge >= 0.3 is 5.97 Å². The second-order valence-electron chi connectivity index (χ2n) is 3.61. The maximum Gasteiger partial charge on any atom is 0.337 e. The third-order valence-electron chi connectivity index (χ3n) is 2.47. The lowest BCUT2D eigenvalue weighted by Gasteiger charge is -1.99. The highest BCUT2D eigenvalue weighted by molar-refractivity contribution is 14.1. The summed E-state index contributed by atoms with van der Waals surface area (Å²) >= 11 is 3.84. The lowest BCUT2D eigenvalue weighted by atomic mass is 10.2. The Bertz CT molecular complexity index is 750. The van der Waals surface area contributed by atoms with Crippen molar-refractivity contribution in [3.05, 3.63) is 38.2 Å². The Kier molecular flexibility index (Phi) is 2.78. The van der Waals surface area contributed by atoms with Crippen LogP contribution in [0.1, 0.15) is 10.4 Å². The fourth-order valence-electron chi connectivity index (χ4n) is 1.64. The van der Waals surface area contributed by atoms with Crippen LogP contribution in [0.25, 0.3) is 17.0 Å². The minimum Gasteiger partial charge on any atom is -0.478 e. The van der Waals surface area contributed by atoms with E-state index in [4.69, 9.17) is 5.11 Å². The van der Waals surface area contributed by atoms with Gasteiger partial charge < -0.3 is 5.11 Å².